The summed E-state index contributed by atoms with van der Waals surface area (Å²) < 4.78 is 29.3. The van der Waals surface area contributed by atoms with Gasteiger partial charge in [-0.3, -0.25) is 9.98 Å². The standard InChI is InChI=1S/C19H29N7O2S/c1-3-22-19(23-8-9-24-29(27,28)17-5-4-7-20-13-17)25-11-6-16(2)18(14-25)26-12-10-21-15-26/h4-5,7,10,12-13,15-16,18,24H,3,6,8-9,11,14H2,1-2H3,(H,22,23). The monoisotopic (exact) mass is 419 g/mol. The Labute approximate surface area is 172 Å². The minimum Gasteiger partial charge on any atom is -0.357 e. The van der Waals surface area contributed by atoms with E-state index in [1.807, 2.05) is 19.4 Å². The van der Waals surface area contributed by atoms with Crippen LogP contribution in [0, 0.1) is 5.92 Å². The van der Waals surface area contributed by atoms with E-state index in [4.69, 9.17) is 0 Å². The molecule has 2 unspecified atom stereocenters. The van der Waals surface area contributed by atoms with Crippen LogP contribution in [-0.4, -0.2) is 66.5 Å². The smallest absolute Gasteiger partial charge is 0.242 e. The van der Waals surface area contributed by atoms with Crippen LogP contribution >= 0.6 is 0 Å². The first-order chi connectivity index (χ1) is 14.0. The van der Waals surface area contributed by atoms with E-state index in [0.29, 0.717) is 18.5 Å². The average molecular weight is 420 g/mol. The summed E-state index contributed by atoms with van der Waals surface area (Å²) in [6.45, 7) is 7.37. The fraction of sp³-hybridized carbons (Fsp3) is 0.526. The molecule has 29 heavy (non-hydrogen) atoms. The van der Waals surface area contributed by atoms with Crippen LogP contribution in [0.25, 0.3) is 0 Å². The van der Waals surface area contributed by atoms with Crippen LogP contribution in [0.1, 0.15) is 26.3 Å². The Bertz CT molecular complexity index is 885. The van der Waals surface area contributed by atoms with Crippen molar-refractivity contribution in [3.05, 3.63) is 43.2 Å². The lowest BCUT2D eigenvalue weighted by molar-refractivity contribution is 0.189. The molecule has 3 rings (SSSR count). The van der Waals surface area contributed by atoms with Gasteiger partial charge in [-0.2, -0.15) is 0 Å². The zero-order chi connectivity index (χ0) is 20.7. The van der Waals surface area contributed by atoms with Crippen molar-refractivity contribution in [3.8, 4) is 0 Å². The highest BCUT2D eigenvalue weighted by molar-refractivity contribution is 7.89. The number of hydrogen-bond acceptors (Lipinski definition) is 5. The lowest BCUT2D eigenvalue weighted by Gasteiger charge is -2.39. The first-order valence-electron chi connectivity index (χ1n) is 9.91. The molecule has 0 bridgehead atoms. The van der Waals surface area contributed by atoms with Gasteiger partial charge >= 0.3 is 0 Å². The molecule has 9 nitrogen and oxygen atoms in total. The summed E-state index contributed by atoms with van der Waals surface area (Å²) >= 11 is 0. The molecule has 1 aliphatic heterocycles. The van der Waals surface area contributed by atoms with Gasteiger partial charge in [0.2, 0.25) is 10.0 Å². The average Bonchev–Trinajstić information content (AvgIpc) is 3.26. The van der Waals surface area contributed by atoms with Gasteiger partial charge in [-0.05, 0) is 31.4 Å². The quantitative estimate of drug-likeness (QED) is 0.396. The molecule has 0 amide bonds. The number of nitrogens with one attached hydrogen (secondary N) is 2. The number of guanidine groups is 1. The summed E-state index contributed by atoms with van der Waals surface area (Å²) in [7, 11) is -3.57. The van der Waals surface area contributed by atoms with E-state index in [0.717, 1.165) is 32.0 Å². The Morgan fingerprint density at radius 3 is 2.90 bits per heavy atom. The van der Waals surface area contributed by atoms with E-state index < -0.39 is 10.0 Å². The minimum atomic E-state index is -3.57. The van der Waals surface area contributed by atoms with Crippen LogP contribution in [-0.2, 0) is 10.0 Å². The molecule has 1 saturated heterocycles. The van der Waals surface area contributed by atoms with E-state index in [1.54, 1.807) is 18.5 Å². The molecule has 0 spiro atoms. The van der Waals surface area contributed by atoms with Gasteiger partial charge in [-0.1, -0.05) is 6.92 Å². The van der Waals surface area contributed by atoms with Crippen molar-refractivity contribution in [1.29, 1.82) is 0 Å². The van der Waals surface area contributed by atoms with Gasteiger partial charge in [0.1, 0.15) is 4.90 Å². The van der Waals surface area contributed by atoms with Crippen molar-refractivity contribution < 1.29 is 8.42 Å². The number of aromatic nitrogens is 3. The SMILES string of the molecule is CCNC(=NCCNS(=O)(=O)c1cccnc1)N1CCC(C)C(n2ccnc2)C1. The number of sulfonamides is 1. The van der Waals surface area contributed by atoms with Gasteiger partial charge in [-0.25, -0.2) is 18.1 Å². The third-order valence-electron chi connectivity index (χ3n) is 5.07. The molecule has 10 heteroatoms. The lowest BCUT2D eigenvalue weighted by Crippen LogP contribution is -2.49. The Morgan fingerprint density at radius 2 is 2.21 bits per heavy atom. The third-order valence-corrected chi connectivity index (χ3v) is 6.52. The topological polar surface area (TPSA) is 105 Å². The molecule has 2 aromatic rings. The number of rotatable bonds is 7. The van der Waals surface area contributed by atoms with Crippen LogP contribution in [0.4, 0.5) is 0 Å². The van der Waals surface area contributed by atoms with Crippen LogP contribution in [0.15, 0.2) is 53.1 Å². The van der Waals surface area contributed by atoms with Crippen LogP contribution in [0.5, 0.6) is 0 Å². The number of piperidine rings is 1. The van der Waals surface area contributed by atoms with Crippen molar-refractivity contribution in [2.24, 2.45) is 10.9 Å². The second-order valence-electron chi connectivity index (χ2n) is 7.11. The van der Waals surface area contributed by atoms with Gasteiger partial charge in [0.25, 0.3) is 0 Å². The summed E-state index contributed by atoms with van der Waals surface area (Å²) in [6, 6.07) is 3.46. The second-order valence-corrected chi connectivity index (χ2v) is 8.88. The molecule has 0 aliphatic carbocycles. The Balaban J connectivity index is 1.61. The molecule has 0 radical (unpaired) electrons. The van der Waals surface area contributed by atoms with E-state index >= 15 is 0 Å². The summed E-state index contributed by atoms with van der Waals surface area (Å²) in [5.74, 6) is 1.36. The molecule has 1 fully saturated rings. The normalized spacial score (nSPS) is 20.6. The highest BCUT2D eigenvalue weighted by Crippen LogP contribution is 2.27. The molecule has 1 aliphatic rings. The number of aliphatic imine (C=N–C) groups is 1. The van der Waals surface area contributed by atoms with Crippen molar-refractivity contribution in [3.63, 3.8) is 0 Å². The van der Waals surface area contributed by atoms with E-state index in [2.05, 4.69) is 41.4 Å². The van der Waals surface area contributed by atoms with Gasteiger partial charge in [0.15, 0.2) is 5.96 Å². The van der Waals surface area contributed by atoms with E-state index in [-0.39, 0.29) is 11.4 Å². The number of nitrogens with zero attached hydrogens (tertiary/aromatic N) is 5. The maximum Gasteiger partial charge on any atom is 0.242 e. The predicted molar refractivity (Wildman–Crippen MR) is 112 cm³/mol. The van der Waals surface area contributed by atoms with E-state index in [1.165, 1.54) is 12.3 Å². The van der Waals surface area contributed by atoms with Crippen molar-refractivity contribution >= 4 is 16.0 Å². The molecule has 158 valence electrons. The highest BCUT2D eigenvalue weighted by Gasteiger charge is 2.28. The Kier molecular flexibility index (Phi) is 7.21. The molecular formula is C19H29N7O2S. The van der Waals surface area contributed by atoms with Crippen molar-refractivity contribution in [2.75, 3.05) is 32.7 Å². The Morgan fingerprint density at radius 1 is 1.34 bits per heavy atom. The van der Waals surface area contributed by atoms with Crippen LogP contribution in [0.3, 0.4) is 0 Å². The minimum absolute atomic E-state index is 0.157. The van der Waals surface area contributed by atoms with Crippen LogP contribution in [0.2, 0.25) is 0 Å². The van der Waals surface area contributed by atoms with Crippen LogP contribution < -0.4 is 10.0 Å². The second kappa shape index (κ2) is 9.84. The lowest BCUT2D eigenvalue weighted by atomic mass is 9.93. The molecule has 2 aromatic heterocycles. The molecule has 2 atom stereocenters. The summed E-state index contributed by atoms with van der Waals surface area (Å²) in [5.41, 5.74) is 0. The van der Waals surface area contributed by atoms with Gasteiger partial charge in [0.05, 0.1) is 18.9 Å². The summed E-state index contributed by atoms with van der Waals surface area (Å²) in [4.78, 5) is 15.1. The molecular weight excluding hydrogens is 390 g/mol. The van der Waals surface area contributed by atoms with Gasteiger partial charge in [-0.15, -0.1) is 0 Å². The first kappa shape index (κ1) is 21.3. The van der Waals surface area contributed by atoms with E-state index in [9.17, 15) is 8.42 Å². The molecule has 3 heterocycles. The summed E-state index contributed by atoms with van der Waals surface area (Å²) in [6.07, 6.45) is 9.60. The maximum absolute atomic E-state index is 12.3. The van der Waals surface area contributed by atoms with Gasteiger partial charge in [0, 0.05) is 51.0 Å². The largest absolute Gasteiger partial charge is 0.357 e. The third kappa shape index (κ3) is 5.54. The zero-order valence-corrected chi connectivity index (χ0v) is 17.7. The molecule has 0 aromatic carbocycles. The Hall–Kier alpha value is -2.46. The maximum atomic E-state index is 12.3. The van der Waals surface area contributed by atoms with Crippen molar-refractivity contribution in [2.45, 2.75) is 31.2 Å². The highest BCUT2D eigenvalue weighted by atomic mass is 32.2. The molecule has 0 saturated carbocycles. The number of pyridine rings is 1. The predicted octanol–water partition coefficient (Wildman–Crippen LogP) is 1.11. The number of likely N-dealkylation sites (tertiary alicyclic amines) is 1. The molecule has 2 N–H and O–H groups in total. The van der Waals surface area contributed by atoms with Crippen molar-refractivity contribution in [1.82, 2.24) is 29.5 Å². The number of hydrogen-bond donors (Lipinski definition) is 2. The fourth-order valence-corrected chi connectivity index (χ4v) is 4.44. The first-order valence-corrected chi connectivity index (χ1v) is 11.4. The zero-order valence-electron chi connectivity index (χ0n) is 16.9. The fourth-order valence-electron chi connectivity index (χ4n) is 3.45. The summed E-state index contributed by atoms with van der Waals surface area (Å²) in [5, 5.41) is 3.33. The number of imidazole rings is 1. The van der Waals surface area contributed by atoms with Gasteiger partial charge < -0.3 is 14.8 Å².